The van der Waals surface area contributed by atoms with Crippen molar-refractivity contribution >= 4 is 0 Å². The topological polar surface area (TPSA) is 15.3 Å². The van der Waals surface area contributed by atoms with Crippen LogP contribution in [0.25, 0.3) is 0 Å². The van der Waals surface area contributed by atoms with E-state index in [1.54, 1.807) is 0 Å². The van der Waals surface area contributed by atoms with Gasteiger partial charge in [0.2, 0.25) is 0 Å². The molecule has 2 fully saturated rings. The Bertz CT molecular complexity index is 199. The second kappa shape index (κ2) is 6.02. The minimum Gasteiger partial charge on any atom is -0.315 e. The summed E-state index contributed by atoms with van der Waals surface area (Å²) in [6.07, 6.45) is 11.5. The summed E-state index contributed by atoms with van der Waals surface area (Å²) in [6, 6.07) is 1.54. The second-order valence-electron chi connectivity index (χ2n) is 5.84. The quantitative estimate of drug-likeness (QED) is 0.790. The first-order valence-corrected chi connectivity index (χ1v) is 7.18. The van der Waals surface area contributed by atoms with Crippen LogP contribution in [-0.4, -0.2) is 37.6 Å². The van der Waals surface area contributed by atoms with Crippen molar-refractivity contribution in [1.82, 2.24) is 10.2 Å². The molecule has 0 spiro atoms. The van der Waals surface area contributed by atoms with Gasteiger partial charge < -0.3 is 10.2 Å². The monoisotopic (exact) mass is 224 g/mol. The number of nitrogens with one attached hydrogen (secondary N) is 1. The molecular formula is C14H28N2. The molecule has 2 rings (SSSR count). The molecule has 0 radical (unpaired) electrons. The summed E-state index contributed by atoms with van der Waals surface area (Å²) in [6.45, 7) is 1.34. The van der Waals surface area contributed by atoms with E-state index < -0.39 is 0 Å². The van der Waals surface area contributed by atoms with Gasteiger partial charge in [0.25, 0.3) is 0 Å². The van der Waals surface area contributed by atoms with E-state index in [2.05, 4.69) is 24.3 Å². The molecule has 94 valence electrons. The van der Waals surface area contributed by atoms with Gasteiger partial charge in [-0.15, -0.1) is 0 Å². The second-order valence-corrected chi connectivity index (χ2v) is 5.84. The van der Waals surface area contributed by atoms with Crippen molar-refractivity contribution in [2.24, 2.45) is 5.92 Å². The highest BCUT2D eigenvalue weighted by Gasteiger charge is 2.30. The molecule has 2 aliphatic rings. The Kier molecular flexibility index (Phi) is 4.66. The molecule has 2 saturated carbocycles. The van der Waals surface area contributed by atoms with Crippen LogP contribution in [0, 0.1) is 5.92 Å². The van der Waals surface area contributed by atoms with Crippen LogP contribution in [0.5, 0.6) is 0 Å². The molecule has 16 heavy (non-hydrogen) atoms. The number of likely N-dealkylation sites (N-methyl/N-ethyl adjacent to an activating group) is 2. The average molecular weight is 224 g/mol. The van der Waals surface area contributed by atoms with Gasteiger partial charge in [-0.25, -0.2) is 0 Å². The Morgan fingerprint density at radius 2 is 1.75 bits per heavy atom. The molecule has 2 aliphatic carbocycles. The Labute approximate surface area is 101 Å². The van der Waals surface area contributed by atoms with E-state index in [0.717, 1.165) is 18.0 Å². The van der Waals surface area contributed by atoms with Crippen molar-refractivity contribution in [2.75, 3.05) is 20.6 Å². The Balaban J connectivity index is 1.79. The van der Waals surface area contributed by atoms with Gasteiger partial charge in [0.05, 0.1) is 0 Å². The highest BCUT2D eigenvalue weighted by atomic mass is 15.2. The van der Waals surface area contributed by atoms with E-state index >= 15 is 0 Å². The molecular weight excluding hydrogens is 196 g/mol. The summed E-state index contributed by atoms with van der Waals surface area (Å²) in [4.78, 5) is 2.64. The van der Waals surface area contributed by atoms with Gasteiger partial charge >= 0.3 is 0 Å². The highest BCUT2D eigenvalue weighted by molar-refractivity contribution is 4.89. The zero-order valence-corrected chi connectivity index (χ0v) is 11.0. The zero-order chi connectivity index (χ0) is 11.4. The largest absolute Gasteiger partial charge is 0.315 e. The van der Waals surface area contributed by atoms with E-state index in [4.69, 9.17) is 0 Å². The number of hydrogen-bond acceptors (Lipinski definition) is 2. The number of hydrogen-bond donors (Lipinski definition) is 1. The van der Waals surface area contributed by atoms with E-state index in [1.807, 2.05) is 0 Å². The SMILES string of the molecule is CNC1CCCC1N(C)CC1CCCCC1. The molecule has 0 heterocycles. The molecule has 2 atom stereocenters. The van der Waals surface area contributed by atoms with Crippen LogP contribution in [0.2, 0.25) is 0 Å². The maximum absolute atomic E-state index is 3.49. The summed E-state index contributed by atoms with van der Waals surface area (Å²) in [5.41, 5.74) is 0. The Morgan fingerprint density at radius 3 is 2.44 bits per heavy atom. The predicted molar refractivity (Wildman–Crippen MR) is 69.7 cm³/mol. The number of rotatable bonds is 4. The van der Waals surface area contributed by atoms with Crippen molar-refractivity contribution in [3.63, 3.8) is 0 Å². The van der Waals surface area contributed by atoms with Crippen molar-refractivity contribution in [1.29, 1.82) is 0 Å². The molecule has 0 bridgehead atoms. The lowest BCUT2D eigenvalue weighted by Crippen LogP contribution is -2.45. The molecule has 2 nitrogen and oxygen atoms in total. The highest BCUT2D eigenvalue weighted by Crippen LogP contribution is 2.28. The third kappa shape index (κ3) is 2.98. The molecule has 0 amide bonds. The lowest BCUT2D eigenvalue weighted by molar-refractivity contribution is 0.166. The molecule has 2 unspecified atom stereocenters. The Hall–Kier alpha value is -0.0800. The van der Waals surface area contributed by atoms with E-state index in [-0.39, 0.29) is 0 Å². The van der Waals surface area contributed by atoms with Gasteiger partial charge in [-0.3, -0.25) is 0 Å². The average Bonchev–Trinajstić information content (AvgIpc) is 2.78. The lowest BCUT2D eigenvalue weighted by Gasteiger charge is -2.33. The lowest BCUT2D eigenvalue weighted by atomic mass is 9.88. The third-order valence-electron chi connectivity index (χ3n) is 4.69. The fourth-order valence-corrected chi connectivity index (χ4v) is 3.72. The zero-order valence-electron chi connectivity index (χ0n) is 11.0. The first kappa shape index (κ1) is 12.4. The van der Waals surface area contributed by atoms with Gasteiger partial charge in [-0.05, 0) is 45.7 Å². The summed E-state index contributed by atoms with van der Waals surface area (Å²) >= 11 is 0. The van der Waals surface area contributed by atoms with Gasteiger partial charge in [0.15, 0.2) is 0 Å². The van der Waals surface area contributed by atoms with Crippen molar-refractivity contribution in [2.45, 2.75) is 63.5 Å². The van der Waals surface area contributed by atoms with Crippen molar-refractivity contribution in [3.05, 3.63) is 0 Å². The van der Waals surface area contributed by atoms with Crippen LogP contribution >= 0.6 is 0 Å². The maximum Gasteiger partial charge on any atom is 0.0246 e. The molecule has 2 heteroatoms. The fraction of sp³-hybridized carbons (Fsp3) is 1.00. The molecule has 1 N–H and O–H groups in total. The molecule has 0 aliphatic heterocycles. The Morgan fingerprint density at radius 1 is 1.00 bits per heavy atom. The molecule has 0 aromatic carbocycles. The smallest absolute Gasteiger partial charge is 0.0246 e. The summed E-state index contributed by atoms with van der Waals surface area (Å²) in [5, 5.41) is 3.49. The van der Waals surface area contributed by atoms with E-state index in [9.17, 15) is 0 Å². The number of nitrogens with zero attached hydrogens (tertiary/aromatic N) is 1. The van der Waals surface area contributed by atoms with Crippen LogP contribution in [0.15, 0.2) is 0 Å². The normalized spacial score (nSPS) is 32.4. The van der Waals surface area contributed by atoms with Crippen molar-refractivity contribution in [3.8, 4) is 0 Å². The molecule has 0 aromatic heterocycles. The predicted octanol–water partition coefficient (Wildman–Crippen LogP) is 2.64. The minimum absolute atomic E-state index is 0.744. The van der Waals surface area contributed by atoms with Crippen LogP contribution in [-0.2, 0) is 0 Å². The maximum atomic E-state index is 3.49. The summed E-state index contributed by atoms with van der Waals surface area (Å²) in [5.74, 6) is 0.983. The fourth-order valence-electron chi connectivity index (χ4n) is 3.72. The van der Waals surface area contributed by atoms with E-state index in [0.29, 0.717) is 0 Å². The standard InChI is InChI=1S/C14H28N2/c1-15-13-9-6-10-14(13)16(2)11-12-7-4-3-5-8-12/h12-15H,3-11H2,1-2H3. The van der Waals surface area contributed by atoms with Crippen LogP contribution in [0.4, 0.5) is 0 Å². The van der Waals surface area contributed by atoms with Crippen molar-refractivity contribution < 1.29 is 0 Å². The third-order valence-corrected chi connectivity index (χ3v) is 4.69. The van der Waals surface area contributed by atoms with Crippen LogP contribution in [0.1, 0.15) is 51.4 Å². The first-order chi connectivity index (χ1) is 7.81. The van der Waals surface area contributed by atoms with Gasteiger partial charge in [-0.2, -0.15) is 0 Å². The van der Waals surface area contributed by atoms with Gasteiger partial charge in [0.1, 0.15) is 0 Å². The molecule has 0 saturated heterocycles. The minimum atomic E-state index is 0.744. The van der Waals surface area contributed by atoms with Gasteiger partial charge in [0, 0.05) is 18.6 Å². The first-order valence-electron chi connectivity index (χ1n) is 7.18. The molecule has 0 aromatic rings. The van der Waals surface area contributed by atoms with Crippen LogP contribution in [0.3, 0.4) is 0 Å². The summed E-state index contributed by atoms with van der Waals surface area (Å²) < 4.78 is 0. The summed E-state index contributed by atoms with van der Waals surface area (Å²) in [7, 11) is 4.46. The van der Waals surface area contributed by atoms with Crippen LogP contribution < -0.4 is 5.32 Å². The van der Waals surface area contributed by atoms with Gasteiger partial charge in [-0.1, -0.05) is 25.7 Å². The van der Waals surface area contributed by atoms with E-state index in [1.165, 1.54) is 57.9 Å².